The number of benzene rings is 2. The maximum absolute atomic E-state index is 12.8. The number of carbonyl (C=O) groups is 3. The van der Waals surface area contributed by atoms with Crippen LogP contribution in [-0.2, 0) is 14.3 Å². The van der Waals surface area contributed by atoms with Gasteiger partial charge < -0.3 is 9.47 Å². The van der Waals surface area contributed by atoms with Crippen molar-refractivity contribution in [3.63, 3.8) is 0 Å². The van der Waals surface area contributed by atoms with Crippen molar-refractivity contribution in [2.24, 2.45) is 5.92 Å². The van der Waals surface area contributed by atoms with Crippen LogP contribution < -0.4 is 4.74 Å². The molecule has 0 saturated carbocycles. The summed E-state index contributed by atoms with van der Waals surface area (Å²) in [4.78, 5) is 37.3. The van der Waals surface area contributed by atoms with Gasteiger partial charge in [0.05, 0.1) is 18.1 Å². The van der Waals surface area contributed by atoms with Crippen molar-refractivity contribution in [1.82, 2.24) is 0 Å². The van der Waals surface area contributed by atoms with Crippen LogP contribution in [0.15, 0.2) is 36.4 Å². The molecule has 0 N–H and O–H groups in total. The number of hydrogen-bond acceptors (Lipinski definition) is 5. The molecule has 2 atom stereocenters. The molecule has 0 aliphatic carbocycles. The van der Waals surface area contributed by atoms with Crippen LogP contribution >= 0.6 is 11.6 Å². The summed E-state index contributed by atoms with van der Waals surface area (Å²) >= 11 is 5.82. The number of hydrogen-bond donors (Lipinski definition) is 0. The second kappa shape index (κ2) is 9.20. The summed E-state index contributed by atoms with van der Waals surface area (Å²) in [7, 11) is 0. The van der Waals surface area contributed by atoms with Gasteiger partial charge in [0.2, 0.25) is 0 Å². The summed E-state index contributed by atoms with van der Waals surface area (Å²) in [5.41, 5.74) is 0.531. The summed E-state index contributed by atoms with van der Waals surface area (Å²) in [6.07, 6.45) is 0.220. The minimum Gasteiger partial charge on any atom is -0.488 e. The quantitative estimate of drug-likeness (QED) is 0.373. The standard InChI is InChI=1S/C22H23ClO5/c1-2-27-21(26)13-19(25)16(8-5-11-23)20-12-18(24)17-10-9-14-6-3-4-7-15(14)22(17)28-20/h3-4,6-7,9-10,16,20H,2,5,8,11-13H2,1H3. The fourth-order valence-electron chi connectivity index (χ4n) is 3.64. The molecule has 0 bridgehead atoms. The van der Waals surface area contributed by atoms with Crippen molar-refractivity contribution in [3.8, 4) is 5.75 Å². The van der Waals surface area contributed by atoms with Crippen molar-refractivity contribution in [2.75, 3.05) is 12.5 Å². The monoisotopic (exact) mass is 402 g/mol. The van der Waals surface area contributed by atoms with E-state index in [1.807, 2.05) is 30.3 Å². The highest BCUT2D eigenvalue weighted by Gasteiger charge is 2.37. The molecule has 148 valence electrons. The first-order valence-corrected chi connectivity index (χ1v) is 10.0. The Hall–Kier alpha value is -2.40. The van der Waals surface area contributed by atoms with Crippen LogP contribution in [0.2, 0.25) is 0 Å². The van der Waals surface area contributed by atoms with E-state index in [0.29, 0.717) is 30.0 Å². The maximum atomic E-state index is 12.8. The van der Waals surface area contributed by atoms with Crippen LogP contribution in [0.3, 0.4) is 0 Å². The van der Waals surface area contributed by atoms with E-state index in [9.17, 15) is 14.4 Å². The van der Waals surface area contributed by atoms with Crippen LogP contribution in [0.1, 0.15) is 43.0 Å². The van der Waals surface area contributed by atoms with Crippen molar-refractivity contribution < 1.29 is 23.9 Å². The van der Waals surface area contributed by atoms with E-state index < -0.39 is 18.0 Å². The minimum absolute atomic E-state index is 0.0585. The molecule has 1 aliphatic rings. The van der Waals surface area contributed by atoms with E-state index in [-0.39, 0.29) is 31.0 Å². The maximum Gasteiger partial charge on any atom is 0.313 e. The molecule has 0 saturated heterocycles. The summed E-state index contributed by atoms with van der Waals surface area (Å²) in [6.45, 7) is 1.91. The lowest BCUT2D eigenvalue weighted by molar-refractivity contribution is -0.147. The third-order valence-electron chi connectivity index (χ3n) is 4.97. The Balaban J connectivity index is 1.90. The van der Waals surface area contributed by atoms with Crippen LogP contribution in [-0.4, -0.2) is 36.1 Å². The number of rotatable bonds is 8. The smallest absolute Gasteiger partial charge is 0.313 e. The van der Waals surface area contributed by atoms with Gasteiger partial charge in [0, 0.05) is 17.7 Å². The topological polar surface area (TPSA) is 69.7 Å². The highest BCUT2D eigenvalue weighted by atomic mass is 35.5. The molecule has 2 aromatic rings. The Morgan fingerprint density at radius 2 is 2.04 bits per heavy atom. The SMILES string of the molecule is CCOC(=O)CC(=O)C(CCCCl)C1CC(=O)c2ccc3ccccc3c2O1. The number of ketones is 2. The number of Topliss-reactive ketones (excluding diaryl/α,β-unsaturated/α-hetero) is 2. The molecule has 0 fully saturated rings. The normalized spacial score (nSPS) is 16.9. The molecule has 2 unspecified atom stereocenters. The Kier molecular flexibility index (Phi) is 6.68. The second-order valence-corrected chi connectivity index (χ2v) is 7.21. The molecule has 1 heterocycles. The number of ether oxygens (including phenoxy) is 2. The Morgan fingerprint density at radius 3 is 2.79 bits per heavy atom. The van der Waals surface area contributed by atoms with Crippen LogP contribution in [0.4, 0.5) is 0 Å². The number of alkyl halides is 1. The van der Waals surface area contributed by atoms with Crippen LogP contribution in [0.5, 0.6) is 5.75 Å². The van der Waals surface area contributed by atoms with Crippen LogP contribution in [0, 0.1) is 5.92 Å². The van der Waals surface area contributed by atoms with Gasteiger partial charge in [0.25, 0.3) is 0 Å². The summed E-state index contributed by atoms with van der Waals surface area (Å²) in [6, 6.07) is 11.3. The first-order chi connectivity index (χ1) is 13.5. The minimum atomic E-state index is -0.615. The lowest BCUT2D eigenvalue weighted by Gasteiger charge is -2.31. The highest BCUT2D eigenvalue weighted by Crippen LogP contribution is 2.38. The third-order valence-corrected chi connectivity index (χ3v) is 5.24. The largest absolute Gasteiger partial charge is 0.488 e. The molecule has 0 amide bonds. The molecule has 3 rings (SSSR count). The Morgan fingerprint density at radius 1 is 1.25 bits per heavy atom. The molecular formula is C22H23ClO5. The van der Waals surface area contributed by atoms with Gasteiger partial charge in [0.15, 0.2) is 11.6 Å². The van der Waals surface area contributed by atoms with Gasteiger partial charge in [0.1, 0.15) is 18.3 Å². The van der Waals surface area contributed by atoms with E-state index in [1.54, 1.807) is 13.0 Å². The first-order valence-electron chi connectivity index (χ1n) is 9.51. The van der Waals surface area contributed by atoms with E-state index in [1.165, 1.54) is 0 Å². The molecule has 2 aromatic carbocycles. The molecule has 0 spiro atoms. The number of fused-ring (bicyclic) bond motifs is 3. The molecule has 28 heavy (non-hydrogen) atoms. The van der Waals surface area contributed by atoms with Crippen molar-refractivity contribution in [3.05, 3.63) is 42.0 Å². The van der Waals surface area contributed by atoms with Gasteiger partial charge >= 0.3 is 5.97 Å². The Labute approximate surface area is 169 Å². The lowest BCUT2D eigenvalue weighted by atomic mass is 9.85. The van der Waals surface area contributed by atoms with Crippen LogP contribution in [0.25, 0.3) is 10.8 Å². The second-order valence-electron chi connectivity index (χ2n) is 6.83. The lowest BCUT2D eigenvalue weighted by Crippen LogP contribution is -2.39. The van der Waals surface area contributed by atoms with E-state index >= 15 is 0 Å². The number of halogens is 1. The van der Waals surface area contributed by atoms with Crippen molar-refractivity contribution >= 4 is 39.9 Å². The first kappa shape index (κ1) is 20.3. The molecule has 6 heteroatoms. The highest BCUT2D eigenvalue weighted by molar-refractivity contribution is 6.17. The van der Waals surface area contributed by atoms with E-state index in [2.05, 4.69) is 0 Å². The van der Waals surface area contributed by atoms with Gasteiger partial charge in [-0.2, -0.15) is 0 Å². The average molecular weight is 403 g/mol. The average Bonchev–Trinajstić information content (AvgIpc) is 2.68. The fraction of sp³-hybridized carbons (Fsp3) is 0.409. The predicted octanol–water partition coefficient (Wildman–Crippen LogP) is 4.33. The molecule has 5 nitrogen and oxygen atoms in total. The van der Waals surface area contributed by atoms with Gasteiger partial charge in [-0.25, -0.2) is 0 Å². The molecule has 1 aliphatic heterocycles. The van der Waals surface area contributed by atoms with Crippen molar-refractivity contribution in [2.45, 2.75) is 38.7 Å². The zero-order valence-electron chi connectivity index (χ0n) is 15.8. The Bertz CT molecular complexity index is 892. The zero-order valence-corrected chi connectivity index (χ0v) is 16.5. The number of carbonyl (C=O) groups excluding carboxylic acids is 3. The summed E-state index contributed by atoms with van der Waals surface area (Å²) in [5.74, 6) is -0.569. The zero-order chi connectivity index (χ0) is 20.1. The van der Waals surface area contributed by atoms with E-state index in [0.717, 1.165) is 10.8 Å². The van der Waals surface area contributed by atoms with Crippen molar-refractivity contribution in [1.29, 1.82) is 0 Å². The van der Waals surface area contributed by atoms with Gasteiger partial charge in [-0.05, 0) is 31.2 Å². The third kappa shape index (κ3) is 4.36. The fourth-order valence-corrected chi connectivity index (χ4v) is 3.79. The summed E-state index contributed by atoms with van der Waals surface area (Å²) < 4.78 is 11.1. The predicted molar refractivity (Wildman–Crippen MR) is 107 cm³/mol. The number of esters is 1. The molecular weight excluding hydrogens is 380 g/mol. The molecule has 0 aromatic heterocycles. The van der Waals surface area contributed by atoms with Gasteiger partial charge in [-0.3, -0.25) is 14.4 Å². The van der Waals surface area contributed by atoms with Gasteiger partial charge in [-0.1, -0.05) is 30.3 Å². The molecule has 0 radical (unpaired) electrons. The van der Waals surface area contributed by atoms with E-state index in [4.69, 9.17) is 21.1 Å². The summed E-state index contributed by atoms with van der Waals surface area (Å²) in [5, 5.41) is 1.80. The van der Waals surface area contributed by atoms with Gasteiger partial charge in [-0.15, -0.1) is 11.6 Å².